The van der Waals surface area contributed by atoms with Crippen molar-refractivity contribution in [3.8, 4) is 23.0 Å². The Balaban J connectivity index is 1.23. The minimum atomic E-state index is -1.26. The maximum atomic E-state index is 11.7. The van der Waals surface area contributed by atoms with Crippen LogP contribution in [0, 0.1) is 5.92 Å². The van der Waals surface area contributed by atoms with E-state index in [1.807, 2.05) is 36.4 Å². The number of fused-ring (bicyclic) bond motifs is 3. The van der Waals surface area contributed by atoms with E-state index in [2.05, 4.69) is 0 Å². The van der Waals surface area contributed by atoms with E-state index in [0.29, 0.717) is 30.9 Å². The molecule has 0 spiro atoms. The van der Waals surface area contributed by atoms with Crippen molar-refractivity contribution in [2.45, 2.75) is 30.3 Å². The van der Waals surface area contributed by atoms with E-state index in [-0.39, 0.29) is 32.2 Å². The Bertz CT molecular complexity index is 1010. The Hall–Kier alpha value is -2.52. The van der Waals surface area contributed by atoms with E-state index in [9.17, 15) is 5.11 Å². The molecular formula is C23H24O8. The molecule has 164 valence electrons. The first-order valence-corrected chi connectivity index (χ1v) is 10.4. The van der Waals surface area contributed by atoms with Gasteiger partial charge < -0.3 is 38.3 Å². The van der Waals surface area contributed by atoms with Gasteiger partial charge in [0.05, 0.1) is 19.3 Å². The van der Waals surface area contributed by atoms with Crippen molar-refractivity contribution in [3.05, 3.63) is 47.5 Å². The molecule has 0 aromatic heterocycles. The lowest BCUT2D eigenvalue weighted by Gasteiger charge is -2.38. The zero-order chi connectivity index (χ0) is 21.1. The fourth-order valence-corrected chi connectivity index (χ4v) is 5.08. The second-order valence-corrected chi connectivity index (χ2v) is 8.40. The van der Waals surface area contributed by atoms with E-state index in [4.69, 9.17) is 33.2 Å². The second kappa shape index (κ2) is 7.00. The number of benzene rings is 2. The molecule has 0 bridgehead atoms. The summed E-state index contributed by atoms with van der Waals surface area (Å²) in [4.78, 5) is 0. The first kappa shape index (κ1) is 19.2. The number of ether oxygens (including phenoxy) is 7. The molecule has 1 N–H and O–H groups in total. The molecule has 2 aromatic carbocycles. The van der Waals surface area contributed by atoms with Crippen molar-refractivity contribution in [3.63, 3.8) is 0 Å². The highest BCUT2D eigenvalue weighted by Crippen LogP contribution is 2.50. The fourth-order valence-electron chi connectivity index (χ4n) is 5.08. The molecule has 31 heavy (non-hydrogen) atoms. The quantitative estimate of drug-likeness (QED) is 0.775. The van der Waals surface area contributed by atoms with E-state index >= 15 is 0 Å². The normalized spacial score (nSPS) is 32.5. The third kappa shape index (κ3) is 2.90. The third-order valence-electron chi connectivity index (χ3n) is 6.81. The van der Waals surface area contributed by atoms with Crippen LogP contribution >= 0.6 is 0 Å². The molecule has 2 fully saturated rings. The first-order valence-electron chi connectivity index (χ1n) is 10.4. The topological polar surface area (TPSA) is 84.8 Å². The maximum Gasteiger partial charge on any atom is 0.231 e. The van der Waals surface area contributed by atoms with Crippen LogP contribution in [0.2, 0.25) is 0 Å². The van der Waals surface area contributed by atoms with Crippen LogP contribution in [0.25, 0.3) is 0 Å². The largest absolute Gasteiger partial charge is 0.454 e. The van der Waals surface area contributed by atoms with Crippen LogP contribution in [0.4, 0.5) is 0 Å². The summed E-state index contributed by atoms with van der Waals surface area (Å²) in [6.45, 7) is 0.951. The van der Waals surface area contributed by atoms with Crippen molar-refractivity contribution in [1.29, 1.82) is 0 Å². The standard InChI is InChI=1S/C23H24O8/c1-25-23(9-15-3-5-18-21(8-15)30-13-28-18)22(24)11-26-19(16(22)10-31-23)6-14-2-4-17-20(7-14)29-12-27-17/h2-5,7-8,16,19,24H,6,9-13H2,1H3/t16-,19-,22-,23+/m1/s1. The summed E-state index contributed by atoms with van der Waals surface area (Å²) in [7, 11) is 1.57. The van der Waals surface area contributed by atoms with Gasteiger partial charge in [0.25, 0.3) is 0 Å². The minimum Gasteiger partial charge on any atom is -0.454 e. The van der Waals surface area contributed by atoms with Gasteiger partial charge in [-0.3, -0.25) is 0 Å². The second-order valence-electron chi connectivity index (χ2n) is 8.40. The summed E-state index contributed by atoms with van der Waals surface area (Å²) in [5.74, 6) is 1.48. The Morgan fingerprint density at radius 1 is 0.935 bits per heavy atom. The van der Waals surface area contributed by atoms with Crippen LogP contribution in [0.3, 0.4) is 0 Å². The predicted molar refractivity (Wildman–Crippen MR) is 106 cm³/mol. The summed E-state index contributed by atoms with van der Waals surface area (Å²) in [6, 6.07) is 11.6. The fraction of sp³-hybridized carbons (Fsp3) is 0.478. The highest BCUT2D eigenvalue weighted by Gasteiger charge is 2.67. The molecule has 0 radical (unpaired) electrons. The van der Waals surface area contributed by atoms with Crippen LogP contribution in [-0.2, 0) is 27.1 Å². The minimum absolute atomic E-state index is 0.144. The highest BCUT2D eigenvalue weighted by atomic mass is 16.7. The van der Waals surface area contributed by atoms with Crippen LogP contribution in [0.15, 0.2) is 36.4 Å². The van der Waals surface area contributed by atoms with Gasteiger partial charge in [0, 0.05) is 19.4 Å². The van der Waals surface area contributed by atoms with Gasteiger partial charge in [-0.1, -0.05) is 12.1 Å². The summed E-state index contributed by atoms with van der Waals surface area (Å²) in [6.07, 6.45) is 0.809. The molecule has 8 nitrogen and oxygen atoms in total. The zero-order valence-electron chi connectivity index (χ0n) is 17.2. The van der Waals surface area contributed by atoms with E-state index in [0.717, 1.165) is 22.6 Å². The van der Waals surface area contributed by atoms with Crippen molar-refractivity contribution < 1.29 is 38.3 Å². The van der Waals surface area contributed by atoms with Gasteiger partial charge >= 0.3 is 0 Å². The van der Waals surface area contributed by atoms with Crippen LogP contribution in [0.5, 0.6) is 23.0 Å². The van der Waals surface area contributed by atoms with Crippen LogP contribution in [0.1, 0.15) is 11.1 Å². The predicted octanol–water partition coefficient (Wildman–Crippen LogP) is 2.05. The molecule has 0 unspecified atom stereocenters. The molecule has 4 aliphatic heterocycles. The van der Waals surface area contributed by atoms with Crippen molar-refractivity contribution in [1.82, 2.24) is 0 Å². The summed E-state index contributed by atoms with van der Waals surface area (Å²) in [5.41, 5.74) is 0.725. The molecule has 4 heterocycles. The van der Waals surface area contributed by atoms with Crippen LogP contribution < -0.4 is 18.9 Å². The lowest BCUT2D eigenvalue weighted by molar-refractivity contribution is -0.272. The number of methoxy groups -OCH3 is 1. The lowest BCUT2D eigenvalue weighted by Crippen LogP contribution is -2.57. The van der Waals surface area contributed by atoms with E-state index in [1.165, 1.54) is 0 Å². The summed E-state index contributed by atoms with van der Waals surface area (Å²) in [5, 5.41) is 11.7. The molecule has 2 aromatic rings. The van der Waals surface area contributed by atoms with Crippen LogP contribution in [-0.4, -0.2) is 56.5 Å². The SMILES string of the molecule is CO[C@@]1(Cc2ccc3c(c2)OCO3)OC[C@@H]2[C@@H](Cc3ccc4c(c3)OCO4)OC[C@@]21O. The molecular weight excluding hydrogens is 404 g/mol. The first-order chi connectivity index (χ1) is 15.1. The van der Waals surface area contributed by atoms with Gasteiger partial charge in [0.2, 0.25) is 19.4 Å². The smallest absolute Gasteiger partial charge is 0.231 e. The zero-order valence-corrected chi connectivity index (χ0v) is 17.2. The molecule has 0 aliphatic carbocycles. The number of rotatable bonds is 5. The van der Waals surface area contributed by atoms with Gasteiger partial charge in [0.1, 0.15) is 5.60 Å². The average molecular weight is 428 g/mol. The lowest BCUT2D eigenvalue weighted by atomic mass is 9.79. The number of hydrogen-bond donors (Lipinski definition) is 1. The van der Waals surface area contributed by atoms with Gasteiger partial charge in [-0.15, -0.1) is 0 Å². The van der Waals surface area contributed by atoms with Crippen molar-refractivity contribution >= 4 is 0 Å². The Labute approximate surface area is 179 Å². The molecule has 8 heteroatoms. The molecule has 6 rings (SSSR count). The molecule has 4 atom stereocenters. The number of aliphatic hydroxyl groups is 1. The van der Waals surface area contributed by atoms with Gasteiger partial charge in [0.15, 0.2) is 23.0 Å². The summed E-state index contributed by atoms with van der Waals surface area (Å²) < 4.78 is 39.8. The van der Waals surface area contributed by atoms with E-state index < -0.39 is 11.4 Å². The third-order valence-corrected chi connectivity index (χ3v) is 6.81. The average Bonchev–Trinajstić information content (AvgIpc) is 3.54. The van der Waals surface area contributed by atoms with Crippen molar-refractivity contribution in [2.24, 2.45) is 5.92 Å². The molecule has 0 saturated carbocycles. The maximum absolute atomic E-state index is 11.7. The highest BCUT2D eigenvalue weighted by molar-refractivity contribution is 5.46. The molecule has 4 aliphatic rings. The Morgan fingerprint density at radius 2 is 1.58 bits per heavy atom. The monoisotopic (exact) mass is 428 g/mol. The Kier molecular flexibility index (Phi) is 4.33. The van der Waals surface area contributed by atoms with Gasteiger partial charge in [-0.25, -0.2) is 0 Å². The van der Waals surface area contributed by atoms with E-state index in [1.54, 1.807) is 7.11 Å². The van der Waals surface area contributed by atoms with Gasteiger partial charge in [-0.05, 0) is 41.8 Å². The van der Waals surface area contributed by atoms with Crippen molar-refractivity contribution in [2.75, 3.05) is 33.9 Å². The van der Waals surface area contributed by atoms with Gasteiger partial charge in [-0.2, -0.15) is 0 Å². The molecule has 0 amide bonds. The number of hydrogen-bond acceptors (Lipinski definition) is 8. The Morgan fingerprint density at radius 3 is 2.29 bits per heavy atom. The molecule has 2 saturated heterocycles. The summed E-state index contributed by atoms with van der Waals surface area (Å²) >= 11 is 0.